The molecule has 128 valence electrons. The summed E-state index contributed by atoms with van der Waals surface area (Å²) in [5.74, 6) is -1.05. The molecule has 2 aromatic heterocycles. The Morgan fingerprint density at radius 3 is 2.80 bits per heavy atom. The molecule has 1 N–H and O–H groups in total. The first-order valence-electron chi connectivity index (χ1n) is 8.39. The van der Waals surface area contributed by atoms with Crippen LogP contribution < -0.4 is 5.56 Å². The Bertz CT molecular complexity index is 1030. The highest BCUT2D eigenvalue weighted by atomic mass is 32.1. The molecule has 0 unspecified atom stereocenters. The summed E-state index contributed by atoms with van der Waals surface area (Å²) >= 11 is 1.42. The SMILES string of the molecule is C[C@@H](C(=O)O)n1cnc2scc(-c3ccc4c(c3)CCCC4)c2c1=O. The number of aromatic nitrogens is 2. The van der Waals surface area contributed by atoms with Gasteiger partial charge >= 0.3 is 5.97 Å². The minimum Gasteiger partial charge on any atom is -0.480 e. The Labute approximate surface area is 148 Å². The molecular formula is C19H18N2O3S. The van der Waals surface area contributed by atoms with Crippen LogP contribution in [0.5, 0.6) is 0 Å². The molecule has 4 rings (SSSR count). The van der Waals surface area contributed by atoms with E-state index < -0.39 is 12.0 Å². The quantitative estimate of drug-likeness (QED) is 0.779. The Hall–Kier alpha value is -2.47. The van der Waals surface area contributed by atoms with Crippen molar-refractivity contribution in [1.82, 2.24) is 9.55 Å². The van der Waals surface area contributed by atoms with Gasteiger partial charge in [-0.05, 0) is 49.3 Å². The van der Waals surface area contributed by atoms with Gasteiger partial charge in [-0.1, -0.05) is 18.2 Å². The molecule has 25 heavy (non-hydrogen) atoms. The number of nitrogens with zero attached hydrogens (tertiary/aromatic N) is 2. The molecule has 0 saturated heterocycles. The fraction of sp³-hybridized carbons (Fsp3) is 0.316. The monoisotopic (exact) mass is 354 g/mol. The zero-order chi connectivity index (χ0) is 17.6. The third kappa shape index (κ3) is 2.66. The third-order valence-corrected chi connectivity index (χ3v) is 5.84. The van der Waals surface area contributed by atoms with E-state index in [0.29, 0.717) is 10.2 Å². The van der Waals surface area contributed by atoms with Crippen LogP contribution in [0.4, 0.5) is 0 Å². The molecule has 1 atom stereocenters. The van der Waals surface area contributed by atoms with Crippen molar-refractivity contribution in [2.75, 3.05) is 0 Å². The summed E-state index contributed by atoms with van der Waals surface area (Å²) in [6, 6.07) is 5.44. The average molecular weight is 354 g/mol. The normalized spacial score (nSPS) is 15.1. The molecule has 0 aliphatic heterocycles. The fourth-order valence-corrected chi connectivity index (χ4v) is 4.36. The number of fused-ring (bicyclic) bond motifs is 2. The van der Waals surface area contributed by atoms with Gasteiger partial charge in [0.1, 0.15) is 10.9 Å². The molecule has 3 aromatic rings. The average Bonchev–Trinajstić information content (AvgIpc) is 3.06. The van der Waals surface area contributed by atoms with Gasteiger partial charge in [0.25, 0.3) is 5.56 Å². The van der Waals surface area contributed by atoms with Gasteiger partial charge in [-0.25, -0.2) is 9.78 Å². The second-order valence-electron chi connectivity index (χ2n) is 6.49. The number of benzene rings is 1. The largest absolute Gasteiger partial charge is 0.480 e. The Kier molecular flexibility index (Phi) is 3.92. The number of carboxylic acid groups (broad SMARTS) is 1. The number of thiophene rings is 1. The molecule has 0 amide bonds. The lowest BCUT2D eigenvalue weighted by atomic mass is 9.89. The molecule has 1 aromatic carbocycles. The molecule has 0 spiro atoms. The molecule has 0 fully saturated rings. The van der Waals surface area contributed by atoms with Crippen molar-refractivity contribution in [2.45, 2.75) is 38.6 Å². The van der Waals surface area contributed by atoms with E-state index in [9.17, 15) is 14.7 Å². The summed E-state index contributed by atoms with van der Waals surface area (Å²) in [5, 5.41) is 11.7. The molecule has 0 radical (unpaired) electrons. The standard InChI is InChI=1S/C19H18N2O3S/c1-11(19(23)24)21-10-20-17-16(18(21)22)15(9-25-17)14-7-6-12-4-2-3-5-13(12)8-14/h6-11H,2-5H2,1H3,(H,23,24)/t11-/m0/s1. The van der Waals surface area contributed by atoms with Gasteiger partial charge in [0.2, 0.25) is 0 Å². The first-order chi connectivity index (χ1) is 12.1. The van der Waals surface area contributed by atoms with Crippen LogP contribution in [0.3, 0.4) is 0 Å². The van der Waals surface area contributed by atoms with E-state index in [0.717, 1.165) is 24.0 Å². The van der Waals surface area contributed by atoms with Crippen LogP contribution >= 0.6 is 11.3 Å². The number of aliphatic carboxylic acids is 1. The Balaban J connectivity index is 1.90. The number of rotatable bonds is 3. The highest BCUT2D eigenvalue weighted by Crippen LogP contribution is 2.33. The van der Waals surface area contributed by atoms with Crippen LogP contribution in [0.25, 0.3) is 21.3 Å². The molecule has 2 heterocycles. The molecule has 0 bridgehead atoms. The zero-order valence-electron chi connectivity index (χ0n) is 13.9. The van der Waals surface area contributed by atoms with Crippen molar-refractivity contribution in [1.29, 1.82) is 0 Å². The maximum Gasteiger partial charge on any atom is 0.326 e. The fourth-order valence-electron chi connectivity index (χ4n) is 3.45. The van der Waals surface area contributed by atoms with Crippen LogP contribution in [0.15, 0.2) is 34.7 Å². The maximum atomic E-state index is 12.9. The van der Waals surface area contributed by atoms with Gasteiger partial charge in [0.15, 0.2) is 0 Å². The van der Waals surface area contributed by atoms with E-state index in [1.54, 1.807) is 0 Å². The molecule has 1 aliphatic rings. The summed E-state index contributed by atoms with van der Waals surface area (Å²) in [6.07, 6.45) is 5.95. The van der Waals surface area contributed by atoms with Gasteiger partial charge < -0.3 is 5.11 Å². The van der Waals surface area contributed by atoms with E-state index in [1.807, 2.05) is 5.38 Å². The highest BCUT2D eigenvalue weighted by molar-refractivity contribution is 7.17. The number of aryl methyl sites for hydroxylation is 2. The minimum atomic E-state index is -1.05. The van der Waals surface area contributed by atoms with E-state index in [1.165, 1.54) is 53.1 Å². The van der Waals surface area contributed by atoms with Crippen molar-refractivity contribution in [3.63, 3.8) is 0 Å². The first kappa shape index (κ1) is 16.0. The number of hydrogen-bond acceptors (Lipinski definition) is 4. The smallest absolute Gasteiger partial charge is 0.326 e. The predicted octanol–water partition coefficient (Wildman–Crippen LogP) is 3.65. The Morgan fingerprint density at radius 1 is 1.28 bits per heavy atom. The molecule has 1 aliphatic carbocycles. The summed E-state index contributed by atoms with van der Waals surface area (Å²) in [6.45, 7) is 1.49. The van der Waals surface area contributed by atoms with E-state index in [-0.39, 0.29) is 5.56 Å². The van der Waals surface area contributed by atoms with Gasteiger partial charge in [0.05, 0.1) is 11.7 Å². The van der Waals surface area contributed by atoms with Crippen molar-refractivity contribution in [3.05, 3.63) is 51.4 Å². The topological polar surface area (TPSA) is 72.2 Å². The highest BCUT2D eigenvalue weighted by Gasteiger charge is 2.20. The van der Waals surface area contributed by atoms with Crippen molar-refractivity contribution in [2.24, 2.45) is 0 Å². The van der Waals surface area contributed by atoms with E-state index in [2.05, 4.69) is 23.2 Å². The summed E-state index contributed by atoms with van der Waals surface area (Å²) in [4.78, 5) is 29.1. The summed E-state index contributed by atoms with van der Waals surface area (Å²) in [5.41, 5.74) is 4.30. The second-order valence-corrected chi connectivity index (χ2v) is 7.35. The number of carboxylic acids is 1. The van der Waals surface area contributed by atoms with Crippen LogP contribution in [-0.2, 0) is 17.6 Å². The van der Waals surface area contributed by atoms with Crippen LogP contribution in [-0.4, -0.2) is 20.6 Å². The Morgan fingerprint density at radius 2 is 2.04 bits per heavy atom. The molecular weight excluding hydrogens is 336 g/mol. The minimum absolute atomic E-state index is 0.297. The van der Waals surface area contributed by atoms with Crippen molar-refractivity contribution >= 4 is 27.5 Å². The van der Waals surface area contributed by atoms with E-state index >= 15 is 0 Å². The lowest BCUT2D eigenvalue weighted by Crippen LogP contribution is -2.28. The predicted molar refractivity (Wildman–Crippen MR) is 98.3 cm³/mol. The summed E-state index contributed by atoms with van der Waals surface area (Å²) in [7, 11) is 0. The second kappa shape index (κ2) is 6.11. The lowest BCUT2D eigenvalue weighted by Gasteiger charge is -2.16. The van der Waals surface area contributed by atoms with Gasteiger partial charge in [-0.15, -0.1) is 11.3 Å². The number of hydrogen-bond donors (Lipinski definition) is 1. The number of carbonyl (C=O) groups is 1. The van der Waals surface area contributed by atoms with Crippen LogP contribution in [0, 0.1) is 0 Å². The van der Waals surface area contributed by atoms with Gasteiger partial charge in [0, 0.05) is 10.9 Å². The zero-order valence-corrected chi connectivity index (χ0v) is 14.7. The maximum absolute atomic E-state index is 12.9. The lowest BCUT2D eigenvalue weighted by molar-refractivity contribution is -0.140. The van der Waals surface area contributed by atoms with Crippen LogP contribution in [0.1, 0.15) is 36.9 Å². The van der Waals surface area contributed by atoms with Crippen molar-refractivity contribution < 1.29 is 9.90 Å². The molecule has 6 heteroatoms. The molecule has 0 saturated carbocycles. The summed E-state index contributed by atoms with van der Waals surface area (Å²) < 4.78 is 1.19. The van der Waals surface area contributed by atoms with Crippen molar-refractivity contribution in [3.8, 4) is 11.1 Å². The van der Waals surface area contributed by atoms with Gasteiger partial charge in [-0.3, -0.25) is 9.36 Å². The van der Waals surface area contributed by atoms with Crippen LogP contribution in [0.2, 0.25) is 0 Å². The van der Waals surface area contributed by atoms with E-state index in [4.69, 9.17) is 0 Å². The van der Waals surface area contributed by atoms with Gasteiger partial charge in [-0.2, -0.15) is 0 Å². The molecule has 5 nitrogen and oxygen atoms in total. The first-order valence-corrected chi connectivity index (χ1v) is 9.27. The third-order valence-electron chi connectivity index (χ3n) is 4.95.